The summed E-state index contributed by atoms with van der Waals surface area (Å²) >= 11 is 6.28. The van der Waals surface area contributed by atoms with E-state index in [4.69, 9.17) is 16.1 Å². The SMILES string of the molecule is Cc1onc(-c2ccccc2Cl)c1C(=O)N1CCC(=C2CC2)CC1. The molecule has 0 bridgehead atoms. The molecule has 124 valence electrons. The Morgan fingerprint density at radius 2 is 1.79 bits per heavy atom. The fourth-order valence-corrected chi connectivity index (χ4v) is 3.59. The van der Waals surface area contributed by atoms with Gasteiger partial charge in [0.1, 0.15) is 17.0 Å². The number of benzene rings is 1. The van der Waals surface area contributed by atoms with Crippen molar-refractivity contribution in [3.05, 3.63) is 51.8 Å². The number of carbonyl (C=O) groups is 1. The Kier molecular flexibility index (Phi) is 3.93. The van der Waals surface area contributed by atoms with Crippen LogP contribution in [0.4, 0.5) is 0 Å². The molecule has 1 aromatic carbocycles. The van der Waals surface area contributed by atoms with Crippen molar-refractivity contribution in [3.63, 3.8) is 0 Å². The van der Waals surface area contributed by atoms with Gasteiger partial charge in [-0.25, -0.2) is 0 Å². The molecule has 1 saturated heterocycles. The van der Waals surface area contributed by atoms with Crippen LogP contribution in [-0.2, 0) is 0 Å². The van der Waals surface area contributed by atoms with E-state index in [-0.39, 0.29) is 5.91 Å². The number of halogens is 1. The van der Waals surface area contributed by atoms with Gasteiger partial charge in [-0.2, -0.15) is 0 Å². The summed E-state index contributed by atoms with van der Waals surface area (Å²) in [5, 5.41) is 4.67. The second-order valence-electron chi connectivity index (χ2n) is 6.44. The van der Waals surface area contributed by atoms with Crippen LogP contribution in [0.5, 0.6) is 0 Å². The maximum absolute atomic E-state index is 13.0. The van der Waals surface area contributed by atoms with Crippen molar-refractivity contribution in [2.24, 2.45) is 0 Å². The first kappa shape index (κ1) is 15.5. The number of amides is 1. The van der Waals surface area contributed by atoms with Crippen LogP contribution in [0.15, 0.2) is 39.9 Å². The molecule has 0 N–H and O–H groups in total. The highest BCUT2D eigenvalue weighted by molar-refractivity contribution is 6.33. The third-order valence-corrected chi connectivity index (χ3v) is 5.19. The predicted molar refractivity (Wildman–Crippen MR) is 93.1 cm³/mol. The molecule has 0 atom stereocenters. The highest BCUT2D eigenvalue weighted by Crippen LogP contribution is 2.37. The maximum Gasteiger partial charge on any atom is 0.259 e. The zero-order valence-corrected chi connectivity index (χ0v) is 14.4. The summed E-state index contributed by atoms with van der Waals surface area (Å²) in [6, 6.07) is 7.40. The molecular weight excluding hydrogens is 324 g/mol. The van der Waals surface area contributed by atoms with Crippen LogP contribution in [0.2, 0.25) is 5.02 Å². The first-order chi connectivity index (χ1) is 11.6. The minimum absolute atomic E-state index is 0.0106. The molecule has 4 nitrogen and oxygen atoms in total. The largest absolute Gasteiger partial charge is 0.360 e. The quantitative estimate of drug-likeness (QED) is 0.747. The molecule has 24 heavy (non-hydrogen) atoms. The Labute approximate surface area is 146 Å². The third kappa shape index (κ3) is 2.75. The normalized spacial score (nSPS) is 17.3. The van der Waals surface area contributed by atoms with Crippen molar-refractivity contribution in [1.29, 1.82) is 0 Å². The first-order valence-electron chi connectivity index (χ1n) is 8.35. The van der Waals surface area contributed by atoms with Crippen molar-refractivity contribution in [2.45, 2.75) is 32.6 Å². The molecule has 1 aliphatic heterocycles. The van der Waals surface area contributed by atoms with Gasteiger partial charge in [0.05, 0.1) is 5.02 Å². The van der Waals surface area contributed by atoms with Gasteiger partial charge in [-0.3, -0.25) is 4.79 Å². The molecule has 5 heteroatoms. The van der Waals surface area contributed by atoms with Crippen LogP contribution in [-0.4, -0.2) is 29.1 Å². The Balaban J connectivity index is 1.62. The number of allylic oxidation sites excluding steroid dienone is 1. The average molecular weight is 343 g/mol. The number of hydrogen-bond donors (Lipinski definition) is 0. The molecule has 1 amide bonds. The van der Waals surface area contributed by atoms with Gasteiger partial charge in [-0.05, 0) is 38.7 Å². The molecule has 0 spiro atoms. The van der Waals surface area contributed by atoms with Crippen LogP contribution in [0.3, 0.4) is 0 Å². The summed E-state index contributed by atoms with van der Waals surface area (Å²) in [5.74, 6) is 0.532. The fourth-order valence-electron chi connectivity index (χ4n) is 3.37. The average Bonchev–Trinajstić information content (AvgIpc) is 3.38. The Morgan fingerprint density at radius 3 is 2.46 bits per heavy atom. The van der Waals surface area contributed by atoms with Gasteiger partial charge >= 0.3 is 0 Å². The highest BCUT2D eigenvalue weighted by Gasteiger charge is 2.30. The van der Waals surface area contributed by atoms with Gasteiger partial charge in [0.25, 0.3) is 5.91 Å². The van der Waals surface area contributed by atoms with Crippen molar-refractivity contribution in [1.82, 2.24) is 10.1 Å². The number of rotatable bonds is 2. The summed E-state index contributed by atoms with van der Waals surface area (Å²) in [4.78, 5) is 15.0. The number of likely N-dealkylation sites (tertiary alicyclic amines) is 1. The lowest BCUT2D eigenvalue weighted by Crippen LogP contribution is -2.36. The second-order valence-corrected chi connectivity index (χ2v) is 6.85. The van der Waals surface area contributed by atoms with Gasteiger partial charge < -0.3 is 9.42 Å². The molecule has 1 aliphatic carbocycles. The molecule has 2 aliphatic rings. The Hall–Kier alpha value is -2.07. The van der Waals surface area contributed by atoms with Crippen LogP contribution in [0.1, 0.15) is 41.8 Å². The summed E-state index contributed by atoms with van der Waals surface area (Å²) in [7, 11) is 0. The topological polar surface area (TPSA) is 46.3 Å². The van der Waals surface area contributed by atoms with E-state index in [0.29, 0.717) is 22.0 Å². The molecule has 0 unspecified atom stereocenters. The Morgan fingerprint density at radius 1 is 1.12 bits per heavy atom. The number of nitrogens with zero attached hydrogens (tertiary/aromatic N) is 2. The van der Waals surface area contributed by atoms with E-state index in [1.165, 1.54) is 12.8 Å². The van der Waals surface area contributed by atoms with E-state index in [2.05, 4.69) is 5.16 Å². The van der Waals surface area contributed by atoms with E-state index >= 15 is 0 Å². The third-order valence-electron chi connectivity index (χ3n) is 4.86. The van der Waals surface area contributed by atoms with E-state index in [9.17, 15) is 4.79 Å². The second kappa shape index (κ2) is 6.10. The van der Waals surface area contributed by atoms with Crippen LogP contribution >= 0.6 is 11.6 Å². The van der Waals surface area contributed by atoms with Crippen LogP contribution in [0, 0.1) is 6.92 Å². The molecule has 1 aromatic heterocycles. The summed E-state index contributed by atoms with van der Waals surface area (Å²) in [6.07, 6.45) is 4.50. The van der Waals surface area contributed by atoms with E-state index in [1.807, 2.05) is 23.1 Å². The zero-order chi connectivity index (χ0) is 16.7. The van der Waals surface area contributed by atoms with Crippen LogP contribution in [0.25, 0.3) is 11.3 Å². The summed E-state index contributed by atoms with van der Waals surface area (Å²) in [6.45, 7) is 3.32. The smallest absolute Gasteiger partial charge is 0.259 e. The molecule has 2 aromatic rings. The van der Waals surface area contributed by atoms with E-state index < -0.39 is 0 Å². The lowest BCUT2D eigenvalue weighted by atomic mass is 10.0. The minimum atomic E-state index is -0.0106. The predicted octanol–water partition coefficient (Wildman–Crippen LogP) is 4.63. The van der Waals surface area contributed by atoms with Gasteiger partial charge in [0.2, 0.25) is 0 Å². The van der Waals surface area contributed by atoms with Gasteiger partial charge in [-0.1, -0.05) is 46.1 Å². The van der Waals surface area contributed by atoms with E-state index in [1.54, 1.807) is 24.1 Å². The van der Waals surface area contributed by atoms with Crippen LogP contribution < -0.4 is 0 Å². The van der Waals surface area contributed by atoms with E-state index in [0.717, 1.165) is 31.5 Å². The number of carbonyl (C=O) groups excluding carboxylic acids is 1. The lowest BCUT2D eigenvalue weighted by molar-refractivity contribution is 0.0742. The number of hydrogen-bond acceptors (Lipinski definition) is 3. The maximum atomic E-state index is 13.0. The zero-order valence-electron chi connectivity index (χ0n) is 13.6. The van der Waals surface area contributed by atoms with Crippen molar-refractivity contribution < 1.29 is 9.32 Å². The van der Waals surface area contributed by atoms with Crippen molar-refractivity contribution >= 4 is 17.5 Å². The van der Waals surface area contributed by atoms with Crippen molar-refractivity contribution in [2.75, 3.05) is 13.1 Å². The molecule has 2 heterocycles. The Bertz CT molecular complexity index is 822. The standard InChI is InChI=1S/C19H19ClN2O2/c1-12-17(18(21-24-12)15-4-2-3-5-16(15)20)19(23)22-10-8-14(9-11-22)13-6-7-13/h2-5H,6-11H2,1H3. The molecular formula is C19H19ClN2O2. The van der Waals surface area contributed by atoms with Gasteiger partial charge in [0, 0.05) is 18.7 Å². The molecule has 0 radical (unpaired) electrons. The highest BCUT2D eigenvalue weighted by atomic mass is 35.5. The minimum Gasteiger partial charge on any atom is -0.360 e. The monoisotopic (exact) mass is 342 g/mol. The lowest BCUT2D eigenvalue weighted by Gasteiger charge is -2.28. The fraction of sp³-hybridized carbons (Fsp3) is 0.368. The number of aryl methyl sites for hydroxylation is 1. The molecule has 4 rings (SSSR count). The molecule has 2 fully saturated rings. The van der Waals surface area contributed by atoms with Crippen molar-refractivity contribution in [3.8, 4) is 11.3 Å². The summed E-state index contributed by atoms with van der Waals surface area (Å²) < 4.78 is 5.32. The number of aromatic nitrogens is 1. The molecule has 1 saturated carbocycles. The van der Waals surface area contributed by atoms with Gasteiger partial charge in [-0.15, -0.1) is 0 Å². The summed E-state index contributed by atoms with van der Waals surface area (Å²) in [5.41, 5.74) is 4.98. The number of piperidine rings is 1. The first-order valence-corrected chi connectivity index (χ1v) is 8.73. The van der Waals surface area contributed by atoms with Gasteiger partial charge in [0.15, 0.2) is 0 Å².